The Labute approximate surface area is 139 Å². The fourth-order valence-electron chi connectivity index (χ4n) is 2.22. The molecule has 2 aromatic carbocycles. The van der Waals surface area contributed by atoms with Gasteiger partial charge in [-0.25, -0.2) is 13.3 Å². The van der Waals surface area contributed by atoms with E-state index in [9.17, 15) is 9.00 Å². The van der Waals surface area contributed by atoms with Crippen LogP contribution in [0.1, 0.15) is 23.6 Å². The zero-order valence-corrected chi connectivity index (χ0v) is 14.1. The van der Waals surface area contributed by atoms with Gasteiger partial charge in [-0.1, -0.05) is 56.0 Å². The Hall–Kier alpha value is -2.40. The molecule has 0 fully saturated rings. The normalized spacial score (nSPS) is 11.7. The maximum Gasteiger partial charge on any atom is 0.331 e. The van der Waals surface area contributed by atoms with Crippen molar-refractivity contribution in [3.8, 4) is 0 Å². The highest BCUT2D eigenvalue weighted by molar-refractivity contribution is 7.83. The van der Waals surface area contributed by atoms with E-state index in [4.69, 9.17) is 5.73 Å². The number of hydrogen-bond acceptors (Lipinski definition) is 2. The molecule has 0 radical (unpaired) electrons. The molecule has 2 amide bonds. The first-order valence-corrected chi connectivity index (χ1v) is 8.41. The van der Waals surface area contributed by atoms with Crippen LogP contribution in [-0.2, 0) is 17.4 Å². The maximum absolute atomic E-state index is 12.8. The van der Waals surface area contributed by atoms with E-state index < -0.39 is 17.0 Å². The first kappa shape index (κ1) is 17.0. The number of rotatable bonds is 5. The number of benzene rings is 2. The lowest BCUT2D eigenvalue weighted by Crippen LogP contribution is -2.35. The molecule has 0 aliphatic rings. The Balaban J connectivity index is 2.37. The van der Waals surface area contributed by atoms with Crippen molar-refractivity contribution in [3.63, 3.8) is 0 Å². The van der Waals surface area contributed by atoms with Gasteiger partial charge in [0, 0.05) is 0 Å². The average molecular weight is 328 g/mol. The maximum atomic E-state index is 12.8. The van der Waals surface area contributed by atoms with E-state index in [2.05, 4.69) is 13.5 Å². The van der Waals surface area contributed by atoms with Crippen molar-refractivity contribution >= 4 is 22.7 Å². The summed E-state index contributed by atoms with van der Waals surface area (Å²) in [5.74, 6) is 0. The van der Waals surface area contributed by atoms with Crippen LogP contribution in [0.3, 0.4) is 0 Å². The third kappa shape index (κ3) is 3.68. The van der Waals surface area contributed by atoms with E-state index >= 15 is 0 Å². The van der Waals surface area contributed by atoms with Gasteiger partial charge in [-0.15, -0.1) is 0 Å². The number of nitrogens with two attached hydrogens (primary N) is 1. The summed E-state index contributed by atoms with van der Waals surface area (Å²) in [6.07, 6.45) is 0.918. The third-order valence-electron chi connectivity index (χ3n) is 3.59. The van der Waals surface area contributed by atoms with Crippen molar-refractivity contribution in [2.45, 2.75) is 25.2 Å². The van der Waals surface area contributed by atoms with Gasteiger partial charge in [0.1, 0.15) is 0 Å². The molecule has 4 nitrogen and oxygen atoms in total. The Kier molecular flexibility index (Phi) is 5.34. The van der Waals surface area contributed by atoms with Crippen LogP contribution in [0.15, 0.2) is 60.0 Å². The number of hydrogen-bond donors (Lipinski definition) is 1. The fourth-order valence-corrected chi connectivity index (χ4v) is 3.42. The monoisotopic (exact) mass is 328 g/mol. The van der Waals surface area contributed by atoms with Crippen molar-refractivity contribution in [3.05, 3.63) is 71.8 Å². The highest BCUT2D eigenvalue weighted by Gasteiger charge is 2.24. The fraction of sp³-hybridized carbons (Fsp3) is 0.167. The second-order valence-corrected chi connectivity index (χ2v) is 6.45. The minimum Gasteiger partial charge on any atom is -0.350 e. The second-order valence-electron chi connectivity index (χ2n) is 5.14. The van der Waals surface area contributed by atoms with Crippen LogP contribution in [-0.4, -0.2) is 14.5 Å². The molecule has 1 atom stereocenters. The number of amides is 2. The molecule has 2 N–H and O–H groups in total. The summed E-state index contributed by atoms with van der Waals surface area (Å²) in [5, 5.41) is 0. The number of urea groups is 1. The molecule has 0 aliphatic carbocycles. The van der Waals surface area contributed by atoms with Crippen LogP contribution in [0.4, 0.5) is 4.79 Å². The minimum atomic E-state index is -1.74. The van der Waals surface area contributed by atoms with Crippen LogP contribution in [0, 0.1) is 6.92 Å². The number of carbonyl (C=O) groups excluding carboxylic acids is 1. The number of primary amides is 1. The molecule has 0 saturated heterocycles. The zero-order chi connectivity index (χ0) is 17.0. The smallest absolute Gasteiger partial charge is 0.331 e. The standard InChI is InChI=1S/C18H20N2O2S/c1-4-15-9-11-16(12-10-15)14(3)20(18(19)21)23(22)17-8-6-5-7-13(17)2/h5-12H,3-4H2,1-2H3,(H2,19,21). The van der Waals surface area contributed by atoms with E-state index in [1.54, 1.807) is 12.1 Å². The molecule has 2 aromatic rings. The Morgan fingerprint density at radius 1 is 1.17 bits per heavy atom. The molecule has 120 valence electrons. The van der Waals surface area contributed by atoms with Crippen LogP contribution in [0.25, 0.3) is 5.70 Å². The van der Waals surface area contributed by atoms with Gasteiger partial charge in [0.05, 0.1) is 10.6 Å². The first-order chi connectivity index (χ1) is 11.0. The van der Waals surface area contributed by atoms with Gasteiger partial charge >= 0.3 is 6.03 Å². The molecule has 0 bridgehead atoms. The molecular formula is C18H20N2O2S. The molecule has 0 spiro atoms. The zero-order valence-electron chi connectivity index (χ0n) is 13.3. The predicted molar refractivity (Wildman–Crippen MR) is 93.9 cm³/mol. The van der Waals surface area contributed by atoms with Crippen LogP contribution in [0.5, 0.6) is 0 Å². The lowest BCUT2D eigenvalue weighted by Gasteiger charge is -2.22. The summed E-state index contributed by atoms with van der Waals surface area (Å²) in [6.45, 7) is 7.81. The third-order valence-corrected chi connectivity index (χ3v) is 5.15. The van der Waals surface area contributed by atoms with Crippen molar-refractivity contribution in [2.75, 3.05) is 0 Å². The molecule has 0 aliphatic heterocycles. The van der Waals surface area contributed by atoms with Gasteiger partial charge < -0.3 is 5.73 Å². The SMILES string of the molecule is C=C(c1ccc(CC)cc1)N(C(N)=O)S(=O)c1ccccc1C. The van der Waals surface area contributed by atoms with Crippen LogP contribution < -0.4 is 5.73 Å². The molecule has 0 saturated carbocycles. The molecule has 2 rings (SSSR count). The van der Waals surface area contributed by atoms with Gasteiger partial charge in [0.2, 0.25) is 0 Å². The van der Waals surface area contributed by atoms with Crippen molar-refractivity contribution in [2.24, 2.45) is 5.73 Å². The molecule has 0 aromatic heterocycles. The summed E-state index contributed by atoms with van der Waals surface area (Å²) >= 11 is 0. The van der Waals surface area contributed by atoms with Crippen LogP contribution in [0.2, 0.25) is 0 Å². The Bertz CT molecular complexity index is 754. The molecule has 5 heteroatoms. The number of carbonyl (C=O) groups is 1. The summed E-state index contributed by atoms with van der Waals surface area (Å²) in [6, 6.07) is 14.0. The lowest BCUT2D eigenvalue weighted by atomic mass is 10.1. The van der Waals surface area contributed by atoms with E-state index in [0.29, 0.717) is 16.2 Å². The van der Waals surface area contributed by atoms with Crippen molar-refractivity contribution < 1.29 is 9.00 Å². The first-order valence-electron chi connectivity index (χ1n) is 7.31. The van der Waals surface area contributed by atoms with Crippen molar-refractivity contribution in [1.82, 2.24) is 4.31 Å². The van der Waals surface area contributed by atoms with Gasteiger partial charge in [0.25, 0.3) is 0 Å². The lowest BCUT2D eigenvalue weighted by molar-refractivity contribution is 0.242. The van der Waals surface area contributed by atoms with Gasteiger partial charge in [-0.05, 0) is 36.1 Å². The second kappa shape index (κ2) is 7.24. The van der Waals surface area contributed by atoms with Gasteiger partial charge in [-0.3, -0.25) is 0 Å². The quantitative estimate of drug-likeness (QED) is 0.911. The van der Waals surface area contributed by atoms with E-state index in [-0.39, 0.29) is 0 Å². The highest BCUT2D eigenvalue weighted by atomic mass is 32.2. The summed E-state index contributed by atoms with van der Waals surface area (Å²) in [5.41, 5.74) is 8.48. The van der Waals surface area contributed by atoms with Crippen LogP contribution >= 0.6 is 0 Å². The molecule has 23 heavy (non-hydrogen) atoms. The minimum absolute atomic E-state index is 0.321. The largest absolute Gasteiger partial charge is 0.350 e. The summed E-state index contributed by atoms with van der Waals surface area (Å²) < 4.78 is 13.9. The molecule has 0 heterocycles. The topological polar surface area (TPSA) is 63.4 Å². The number of nitrogens with zero attached hydrogens (tertiary/aromatic N) is 1. The van der Waals surface area contributed by atoms with E-state index in [1.807, 2.05) is 43.3 Å². The van der Waals surface area contributed by atoms with E-state index in [0.717, 1.165) is 16.3 Å². The summed E-state index contributed by atoms with van der Waals surface area (Å²) in [4.78, 5) is 12.4. The van der Waals surface area contributed by atoms with E-state index in [1.165, 1.54) is 5.56 Å². The Morgan fingerprint density at radius 3 is 2.30 bits per heavy atom. The van der Waals surface area contributed by atoms with Crippen molar-refractivity contribution in [1.29, 1.82) is 0 Å². The highest BCUT2D eigenvalue weighted by Crippen LogP contribution is 2.24. The summed E-state index contributed by atoms with van der Waals surface area (Å²) in [7, 11) is -1.74. The molecule has 1 unspecified atom stereocenters. The predicted octanol–water partition coefficient (Wildman–Crippen LogP) is 3.63. The number of aryl methyl sites for hydroxylation is 2. The van der Waals surface area contributed by atoms with Gasteiger partial charge in [0.15, 0.2) is 11.0 Å². The average Bonchev–Trinajstić information content (AvgIpc) is 2.55. The van der Waals surface area contributed by atoms with Gasteiger partial charge in [-0.2, -0.15) is 0 Å². The Morgan fingerprint density at radius 2 is 1.78 bits per heavy atom. The molecular weight excluding hydrogens is 308 g/mol.